The van der Waals surface area contributed by atoms with E-state index in [-0.39, 0.29) is 29.2 Å². The van der Waals surface area contributed by atoms with Crippen molar-refractivity contribution in [3.8, 4) is 0 Å². The fourth-order valence-corrected chi connectivity index (χ4v) is 6.54. The Kier molecular flexibility index (Phi) is 6.28. The summed E-state index contributed by atoms with van der Waals surface area (Å²) >= 11 is 3.45. The molecular weight excluding hydrogens is 354 g/mol. The molecule has 5 nitrogen and oxygen atoms in total. The standard InChI is InChI=1S/C11H22BrNO4S2/c1-9(2)7-10(12)8-13-19(16,17)11-3-5-18(14,15)6-4-11/h9-11,13H,3-8H2,1-2H3. The maximum atomic E-state index is 12.1. The Balaban J connectivity index is 2.49. The minimum atomic E-state index is -3.41. The van der Waals surface area contributed by atoms with Crippen LogP contribution in [0.5, 0.6) is 0 Å². The number of rotatable bonds is 6. The van der Waals surface area contributed by atoms with E-state index in [0.717, 1.165) is 6.42 Å². The van der Waals surface area contributed by atoms with E-state index in [2.05, 4.69) is 34.5 Å². The Morgan fingerprint density at radius 1 is 1.26 bits per heavy atom. The van der Waals surface area contributed by atoms with Crippen molar-refractivity contribution in [2.45, 2.75) is 43.2 Å². The van der Waals surface area contributed by atoms with Gasteiger partial charge in [0, 0.05) is 11.4 Å². The van der Waals surface area contributed by atoms with E-state index in [1.165, 1.54) is 0 Å². The Labute approximate surface area is 124 Å². The number of nitrogens with one attached hydrogen (secondary N) is 1. The lowest BCUT2D eigenvalue weighted by atomic mass is 10.1. The second-order valence-corrected chi connectivity index (χ2v) is 11.1. The molecule has 1 rings (SSSR count). The Hall–Kier alpha value is 0.340. The summed E-state index contributed by atoms with van der Waals surface area (Å²) in [5.74, 6) is 0.443. The smallest absolute Gasteiger partial charge is 0.214 e. The molecule has 8 heteroatoms. The summed E-state index contributed by atoms with van der Waals surface area (Å²) in [6, 6.07) is 0. The third-order valence-electron chi connectivity index (χ3n) is 3.17. The first-order valence-electron chi connectivity index (χ1n) is 6.45. The van der Waals surface area contributed by atoms with Crippen molar-refractivity contribution >= 4 is 35.8 Å². The summed E-state index contributed by atoms with van der Waals surface area (Å²) in [5.41, 5.74) is 0. The van der Waals surface area contributed by atoms with Gasteiger partial charge in [0.25, 0.3) is 0 Å². The van der Waals surface area contributed by atoms with Crippen molar-refractivity contribution in [1.29, 1.82) is 0 Å². The van der Waals surface area contributed by atoms with Crippen LogP contribution in [-0.2, 0) is 19.9 Å². The van der Waals surface area contributed by atoms with Crippen molar-refractivity contribution in [3.63, 3.8) is 0 Å². The predicted molar refractivity (Wildman–Crippen MR) is 80.8 cm³/mol. The fraction of sp³-hybridized carbons (Fsp3) is 1.00. The SMILES string of the molecule is CC(C)CC(Br)CNS(=O)(=O)C1CCS(=O)(=O)CC1. The molecular formula is C11H22BrNO4S2. The Bertz CT molecular complexity index is 473. The number of alkyl halides is 1. The van der Waals surface area contributed by atoms with Gasteiger partial charge < -0.3 is 0 Å². The largest absolute Gasteiger partial charge is 0.229 e. The molecule has 1 unspecified atom stereocenters. The summed E-state index contributed by atoms with van der Waals surface area (Å²) in [4.78, 5) is 0.106. The second-order valence-electron chi connectivity index (χ2n) is 5.47. The van der Waals surface area contributed by atoms with E-state index in [1.54, 1.807) is 0 Å². The van der Waals surface area contributed by atoms with Crippen molar-refractivity contribution < 1.29 is 16.8 Å². The molecule has 19 heavy (non-hydrogen) atoms. The lowest BCUT2D eigenvalue weighted by Crippen LogP contribution is -2.41. The molecule has 1 saturated heterocycles. The zero-order valence-corrected chi connectivity index (χ0v) is 14.5. The predicted octanol–water partition coefficient (Wildman–Crippen LogP) is 1.29. The van der Waals surface area contributed by atoms with E-state index < -0.39 is 25.1 Å². The summed E-state index contributed by atoms with van der Waals surface area (Å²) in [7, 11) is -6.43. The molecule has 1 N–H and O–H groups in total. The Morgan fingerprint density at radius 2 is 1.79 bits per heavy atom. The highest BCUT2D eigenvalue weighted by molar-refractivity contribution is 9.09. The lowest BCUT2D eigenvalue weighted by Gasteiger charge is -2.23. The maximum absolute atomic E-state index is 12.1. The zero-order valence-electron chi connectivity index (χ0n) is 11.3. The molecule has 1 heterocycles. The summed E-state index contributed by atoms with van der Waals surface area (Å²) in [5, 5.41) is -0.574. The van der Waals surface area contributed by atoms with Crippen LogP contribution in [0.15, 0.2) is 0 Å². The van der Waals surface area contributed by atoms with Crippen molar-refractivity contribution in [1.82, 2.24) is 4.72 Å². The number of sulfone groups is 1. The average Bonchev–Trinajstić information content (AvgIpc) is 2.25. The molecule has 0 bridgehead atoms. The second kappa shape index (κ2) is 6.87. The van der Waals surface area contributed by atoms with Gasteiger partial charge >= 0.3 is 0 Å². The van der Waals surface area contributed by atoms with E-state index in [9.17, 15) is 16.8 Å². The molecule has 1 aliphatic heterocycles. The van der Waals surface area contributed by atoms with Crippen LogP contribution in [0.2, 0.25) is 0 Å². The minimum absolute atomic E-state index is 0.0255. The van der Waals surface area contributed by atoms with Gasteiger partial charge in [-0.2, -0.15) is 0 Å². The minimum Gasteiger partial charge on any atom is -0.229 e. The molecule has 0 aliphatic carbocycles. The first-order chi connectivity index (χ1) is 8.62. The first-order valence-corrected chi connectivity index (χ1v) is 10.7. The number of sulfonamides is 1. The van der Waals surface area contributed by atoms with E-state index in [0.29, 0.717) is 12.5 Å². The third kappa shape index (κ3) is 6.10. The van der Waals surface area contributed by atoms with Gasteiger partial charge in [0.05, 0.1) is 16.8 Å². The lowest BCUT2D eigenvalue weighted by molar-refractivity contribution is 0.531. The van der Waals surface area contributed by atoms with Crippen LogP contribution in [0, 0.1) is 5.92 Å². The van der Waals surface area contributed by atoms with Gasteiger partial charge in [0.15, 0.2) is 0 Å². The van der Waals surface area contributed by atoms with Gasteiger partial charge in [-0.1, -0.05) is 29.8 Å². The van der Waals surface area contributed by atoms with Gasteiger partial charge in [0.2, 0.25) is 10.0 Å². The van der Waals surface area contributed by atoms with Crippen molar-refractivity contribution in [3.05, 3.63) is 0 Å². The van der Waals surface area contributed by atoms with Crippen LogP contribution in [0.4, 0.5) is 0 Å². The Morgan fingerprint density at radius 3 is 2.26 bits per heavy atom. The average molecular weight is 376 g/mol. The van der Waals surface area contributed by atoms with E-state index in [4.69, 9.17) is 0 Å². The van der Waals surface area contributed by atoms with Crippen LogP contribution < -0.4 is 4.72 Å². The van der Waals surface area contributed by atoms with Crippen molar-refractivity contribution in [2.75, 3.05) is 18.1 Å². The van der Waals surface area contributed by atoms with E-state index >= 15 is 0 Å². The van der Waals surface area contributed by atoms with Gasteiger partial charge in [0.1, 0.15) is 9.84 Å². The molecule has 1 atom stereocenters. The van der Waals surface area contributed by atoms with Gasteiger partial charge in [-0.05, 0) is 25.2 Å². The number of hydrogen-bond acceptors (Lipinski definition) is 4. The number of hydrogen-bond donors (Lipinski definition) is 1. The summed E-state index contributed by atoms with van der Waals surface area (Å²) < 4.78 is 49.3. The topological polar surface area (TPSA) is 80.3 Å². The summed E-state index contributed by atoms with van der Waals surface area (Å²) in [6.45, 7) is 4.51. The van der Waals surface area contributed by atoms with Gasteiger partial charge in [-0.25, -0.2) is 21.6 Å². The molecule has 114 valence electrons. The van der Waals surface area contributed by atoms with Crippen LogP contribution in [0.1, 0.15) is 33.1 Å². The highest BCUT2D eigenvalue weighted by atomic mass is 79.9. The highest BCUT2D eigenvalue weighted by Crippen LogP contribution is 2.19. The molecule has 0 aromatic carbocycles. The molecule has 1 aliphatic rings. The molecule has 0 spiro atoms. The van der Waals surface area contributed by atoms with Gasteiger partial charge in [-0.15, -0.1) is 0 Å². The van der Waals surface area contributed by atoms with Crippen LogP contribution in [0.3, 0.4) is 0 Å². The zero-order chi connectivity index (χ0) is 14.7. The highest BCUT2D eigenvalue weighted by Gasteiger charge is 2.32. The maximum Gasteiger partial charge on any atom is 0.214 e. The normalized spacial score (nSPS) is 22.5. The fourth-order valence-electron chi connectivity index (χ4n) is 2.10. The molecule has 0 aromatic rings. The van der Waals surface area contributed by atoms with Gasteiger partial charge in [-0.3, -0.25) is 0 Å². The molecule has 1 fully saturated rings. The van der Waals surface area contributed by atoms with Crippen molar-refractivity contribution in [2.24, 2.45) is 5.92 Å². The van der Waals surface area contributed by atoms with Crippen LogP contribution >= 0.6 is 15.9 Å². The monoisotopic (exact) mass is 375 g/mol. The molecule has 0 amide bonds. The first kappa shape index (κ1) is 17.4. The number of halogens is 1. The quantitative estimate of drug-likeness (QED) is 0.709. The molecule has 0 saturated carbocycles. The van der Waals surface area contributed by atoms with Crippen LogP contribution in [0.25, 0.3) is 0 Å². The third-order valence-corrected chi connectivity index (χ3v) is 7.50. The van der Waals surface area contributed by atoms with E-state index in [1.807, 2.05) is 0 Å². The molecule has 0 radical (unpaired) electrons. The summed E-state index contributed by atoms with van der Waals surface area (Å²) in [6.07, 6.45) is 1.30. The van der Waals surface area contributed by atoms with Crippen LogP contribution in [-0.4, -0.2) is 45.0 Å². The molecule has 0 aromatic heterocycles.